The monoisotopic (exact) mass is 438 g/mol. The molecule has 0 radical (unpaired) electrons. The number of nitrogens with zero attached hydrogens (tertiary/aromatic N) is 2. The van der Waals surface area contributed by atoms with Crippen molar-refractivity contribution in [2.75, 3.05) is 39.4 Å². The number of amides is 1. The Morgan fingerprint density at radius 1 is 1.00 bits per heavy atom. The summed E-state index contributed by atoms with van der Waals surface area (Å²) in [6.45, 7) is 6.08. The maximum Gasteiger partial charge on any atom is 0.291 e. The molecule has 2 atom stereocenters. The first-order chi connectivity index (χ1) is 15.5. The van der Waals surface area contributed by atoms with Crippen LogP contribution in [0.4, 0.5) is 4.39 Å². The SMILES string of the molecule is Cc1ccc(C(=O)C2C(=O)C(=O)N(CCCN3CCOCC3)C2c2ccc(F)cc2)cc1. The lowest BCUT2D eigenvalue weighted by Crippen LogP contribution is -2.39. The van der Waals surface area contributed by atoms with Crippen molar-refractivity contribution in [1.29, 1.82) is 0 Å². The number of hydrogen-bond donors (Lipinski definition) is 0. The van der Waals surface area contributed by atoms with Crippen LogP contribution in [0.2, 0.25) is 0 Å². The first kappa shape index (κ1) is 22.3. The molecule has 2 aromatic rings. The minimum Gasteiger partial charge on any atom is -0.379 e. The number of ketones is 2. The maximum atomic E-state index is 13.6. The van der Waals surface area contributed by atoms with Crippen LogP contribution in [0.3, 0.4) is 0 Å². The molecule has 168 valence electrons. The van der Waals surface area contributed by atoms with E-state index in [1.807, 2.05) is 19.1 Å². The van der Waals surface area contributed by atoms with Crippen LogP contribution in [0.15, 0.2) is 48.5 Å². The summed E-state index contributed by atoms with van der Waals surface area (Å²) < 4.78 is 18.9. The number of ether oxygens (including phenoxy) is 1. The van der Waals surface area contributed by atoms with E-state index in [-0.39, 0.29) is 5.78 Å². The fourth-order valence-corrected chi connectivity index (χ4v) is 4.45. The van der Waals surface area contributed by atoms with Crippen LogP contribution in [0.5, 0.6) is 0 Å². The molecule has 0 aliphatic carbocycles. The van der Waals surface area contributed by atoms with Crippen LogP contribution in [-0.2, 0) is 14.3 Å². The van der Waals surface area contributed by atoms with E-state index in [1.165, 1.54) is 17.0 Å². The zero-order valence-electron chi connectivity index (χ0n) is 18.1. The summed E-state index contributed by atoms with van der Waals surface area (Å²) in [5, 5.41) is 0. The molecule has 4 rings (SSSR count). The van der Waals surface area contributed by atoms with Gasteiger partial charge in [0.15, 0.2) is 5.78 Å². The summed E-state index contributed by atoms with van der Waals surface area (Å²) in [5.41, 5.74) is 1.97. The van der Waals surface area contributed by atoms with Crippen molar-refractivity contribution >= 4 is 17.5 Å². The molecule has 0 spiro atoms. The minimum atomic E-state index is -1.14. The molecular formula is C25H27FN2O4. The number of Topliss-reactive ketones (excluding diaryl/α,β-unsaturated/α-hetero) is 2. The van der Waals surface area contributed by atoms with Crippen molar-refractivity contribution in [2.24, 2.45) is 5.92 Å². The molecule has 0 bridgehead atoms. The van der Waals surface area contributed by atoms with E-state index in [1.54, 1.807) is 24.3 Å². The molecular weight excluding hydrogens is 411 g/mol. The highest BCUT2D eigenvalue weighted by Crippen LogP contribution is 2.38. The van der Waals surface area contributed by atoms with Crippen LogP contribution < -0.4 is 0 Å². The van der Waals surface area contributed by atoms with Gasteiger partial charge in [-0.1, -0.05) is 42.0 Å². The number of rotatable bonds is 7. The topological polar surface area (TPSA) is 66.9 Å². The first-order valence-electron chi connectivity index (χ1n) is 11.0. The fourth-order valence-electron chi connectivity index (χ4n) is 4.45. The van der Waals surface area contributed by atoms with Crippen molar-refractivity contribution in [3.8, 4) is 0 Å². The molecule has 6 nitrogen and oxygen atoms in total. The molecule has 32 heavy (non-hydrogen) atoms. The number of carbonyl (C=O) groups excluding carboxylic acids is 3. The van der Waals surface area contributed by atoms with Gasteiger partial charge in [0.2, 0.25) is 5.78 Å². The smallest absolute Gasteiger partial charge is 0.291 e. The van der Waals surface area contributed by atoms with E-state index in [2.05, 4.69) is 4.90 Å². The fraction of sp³-hybridized carbons (Fsp3) is 0.400. The number of hydrogen-bond acceptors (Lipinski definition) is 5. The molecule has 2 fully saturated rings. The second kappa shape index (κ2) is 9.71. The Morgan fingerprint density at radius 3 is 2.31 bits per heavy atom. The van der Waals surface area contributed by atoms with Gasteiger partial charge in [0, 0.05) is 31.7 Å². The number of likely N-dealkylation sites (tertiary alicyclic amines) is 1. The van der Waals surface area contributed by atoms with Crippen molar-refractivity contribution in [2.45, 2.75) is 19.4 Å². The van der Waals surface area contributed by atoms with Crippen LogP contribution in [0.1, 0.15) is 33.9 Å². The van der Waals surface area contributed by atoms with E-state index >= 15 is 0 Å². The van der Waals surface area contributed by atoms with Gasteiger partial charge in [-0.3, -0.25) is 19.3 Å². The Morgan fingerprint density at radius 2 is 1.66 bits per heavy atom. The molecule has 2 saturated heterocycles. The molecule has 2 aliphatic rings. The lowest BCUT2D eigenvalue weighted by molar-refractivity contribution is -0.140. The van der Waals surface area contributed by atoms with E-state index < -0.39 is 29.5 Å². The molecule has 2 heterocycles. The van der Waals surface area contributed by atoms with Crippen molar-refractivity contribution in [3.05, 3.63) is 71.0 Å². The summed E-state index contributed by atoms with van der Waals surface area (Å²) in [7, 11) is 0. The van der Waals surface area contributed by atoms with Crippen molar-refractivity contribution in [1.82, 2.24) is 9.80 Å². The summed E-state index contributed by atoms with van der Waals surface area (Å²) in [5.74, 6) is -3.28. The Bertz CT molecular complexity index is 984. The van der Waals surface area contributed by atoms with Gasteiger partial charge >= 0.3 is 0 Å². The Labute approximate surface area is 187 Å². The highest BCUT2D eigenvalue weighted by atomic mass is 19.1. The molecule has 1 amide bonds. The van der Waals surface area contributed by atoms with Crippen molar-refractivity contribution < 1.29 is 23.5 Å². The highest BCUT2D eigenvalue weighted by molar-refractivity contribution is 6.44. The van der Waals surface area contributed by atoms with E-state index in [9.17, 15) is 18.8 Å². The molecule has 0 N–H and O–H groups in total. The zero-order valence-corrected chi connectivity index (χ0v) is 18.1. The quantitative estimate of drug-likeness (QED) is 0.378. The lowest BCUT2D eigenvalue weighted by atomic mass is 9.86. The van der Waals surface area contributed by atoms with Crippen molar-refractivity contribution in [3.63, 3.8) is 0 Å². The maximum absolute atomic E-state index is 13.6. The molecule has 2 unspecified atom stereocenters. The Balaban J connectivity index is 1.60. The predicted octanol–water partition coefficient (Wildman–Crippen LogP) is 2.81. The summed E-state index contributed by atoms with van der Waals surface area (Å²) in [6, 6.07) is 11.9. The molecule has 2 aromatic carbocycles. The number of aryl methyl sites for hydroxylation is 1. The molecule has 2 aliphatic heterocycles. The standard InChI is InChI=1S/C25H27FN2O4/c1-17-3-5-19(6-4-17)23(29)21-22(18-7-9-20(26)10-8-18)28(25(31)24(21)30)12-2-11-27-13-15-32-16-14-27/h3-10,21-22H,2,11-16H2,1H3. The Kier molecular flexibility index (Phi) is 6.77. The highest BCUT2D eigenvalue weighted by Gasteiger charge is 2.51. The number of morpholine rings is 1. The summed E-state index contributed by atoms with van der Waals surface area (Å²) in [6.07, 6.45) is 0.669. The third-order valence-corrected chi connectivity index (χ3v) is 6.21. The van der Waals surface area contributed by atoms with Gasteiger partial charge in [0.1, 0.15) is 11.7 Å². The zero-order chi connectivity index (χ0) is 22.7. The average molecular weight is 438 g/mol. The molecule has 0 aromatic heterocycles. The minimum absolute atomic E-state index is 0.349. The van der Waals surface area contributed by atoms with Gasteiger partial charge in [-0.05, 0) is 31.0 Å². The second-order valence-electron chi connectivity index (χ2n) is 8.37. The average Bonchev–Trinajstić information content (AvgIpc) is 3.05. The normalized spacial score (nSPS) is 21.9. The third-order valence-electron chi connectivity index (χ3n) is 6.21. The molecule has 7 heteroatoms. The van der Waals surface area contributed by atoms with Gasteiger partial charge in [0.05, 0.1) is 19.3 Å². The third kappa shape index (κ3) is 4.64. The number of benzene rings is 2. The largest absolute Gasteiger partial charge is 0.379 e. The summed E-state index contributed by atoms with van der Waals surface area (Å²) >= 11 is 0. The van der Waals surface area contributed by atoms with Gasteiger partial charge in [-0.2, -0.15) is 0 Å². The van der Waals surface area contributed by atoms with E-state index in [4.69, 9.17) is 4.74 Å². The number of halogens is 1. The first-order valence-corrected chi connectivity index (χ1v) is 11.0. The van der Waals surface area contributed by atoms with Gasteiger partial charge in [-0.15, -0.1) is 0 Å². The van der Waals surface area contributed by atoms with Crippen LogP contribution in [0.25, 0.3) is 0 Å². The predicted molar refractivity (Wildman–Crippen MR) is 117 cm³/mol. The van der Waals surface area contributed by atoms with Crippen LogP contribution in [0, 0.1) is 18.7 Å². The van der Waals surface area contributed by atoms with E-state index in [0.29, 0.717) is 37.3 Å². The van der Waals surface area contributed by atoms with Gasteiger partial charge in [0.25, 0.3) is 5.91 Å². The molecule has 0 saturated carbocycles. The van der Waals surface area contributed by atoms with Crippen LogP contribution in [-0.4, -0.2) is 66.7 Å². The van der Waals surface area contributed by atoms with Gasteiger partial charge < -0.3 is 9.64 Å². The van der Waals surface area contributed by atoms with Gasteiger partial charge in [-0.25, -0.2) is 4.39 Å². The summed E-state index contributed by atoms with van der Waals surface area (Å²) in [4.78, 5) is 43.0. The number of carbonyl (C=O) groups is 3. The lowest BCUT2D eigenvalue weighted by Gasteiger charge is -2.30. The van der Waals surface area contributed by atoms with Crippen LogP contribution >= 0.6 is 0 Å². The second-order valence-corrected chi connectivity index (χ2v) is 8.37. The Hall–Kier alpha value is -2.90. The van der Waals surface area contributed by atoms with E-state index in [0.717, 1.165) is 25.2 Å².